The highest BCUT2D eigenvalue weighted by Crippen LogP contribution is 2.06. The largest absolute Gasteiger partial charge is 0.329 e. The first-order valence-corrected chi connectivity index (χ1v) is 5.35. The fourth-order valence-corrected chi connectivity index (χ4v) is 1.22. The van der Waals surface area contributed by atoms with E-state index >= 15 is 0 Å². The highest BCUT2D eigenvalue weighted by molar-refractivity contribution is 5.18. The van der Waals surface area contributed by atoms with Crippen molar-refractivity contribution < 1.29 is 0 Å². The van der Waals surface area contributed by atoms with Crippen LogP contribution >= 0.6 is 0 Å². The predicted molar refractivity (Wildman–Crippen MR) is 68.9 cm³/mol. The van der Waals surface area contributed by atoms with Gasteiger partial charge in [-0.2, -0.15) is 0 Å². The minimum atomic E-state index is -0.0128. The minimum absolute atomic E-state index is 0.0128. The second kappa shape index (κ2) is 7.63. The molecule has 2 nitrogen and oxygen atoms in total. The zero-order chi connectivity index (χ0) is 11.6. The van der Waals surface area contributed by atoms with E-state index in [1.54, 1.807) is 0 Å². The van der Waals surface area contributed by atoms with E-state index in [4.69, 9.17) is 11.5 Å². The van der Waals surface area contributed by atoms with E-state index in [1.165, 1.54) is 0 Å². The van der Waals surface area contributed by atoms with Crippen molar-refractivity contribution in [3.8, 4) is 0 Å². The van der Waals surface area contributed by atoms with E-state index in [9.17, 15) is 0 Å². The molecule has 0 aliphatic rings. The molecular weight excluding hydrogens is 196 g/mol. The molecule has 16 heavy (non-hydrogen) atoms. The highest BCUT2D eigenvalue weighted by atomic mass is 14.7. The molecule has 2 rings (SSSR count). The smallest absolute Gasteiger partial charge is 0.0419 e. The van der Waals surface area contributed by atoms with Crippen LogP contribution in [0.15, 0.2) is 66.7 Å². The Morgan fingerprint density at radius 3 is 1.50 bits per heavy atom. The average molecular weight is 214 g/mol. The predicted octanol–water partition coefficient (Wildman–Crippen LogP) is 2.33. The molecule has 84 valence electrons. The number of hydrogen-bond acceptors (Lipinski definition) is 2. The van der Waals surface area contributed by atoms with Crippen LogP contribution in [-0.4, -0.2) is 6.54 Å². The summed E-state index contributed by atoms with van der Waals surface area (Å²) < 4.78 is 0. The number of benzene rings is 2. The summed E-state index contributed by atoms with van der Waals surface area (Å²) in [5.41, 5.74) is 12.2. The molecule has 0 bridgehead atoms. The van der Waals surface area contributed by atoms with Gasteiger partial charge in [-0.05, 0) is 5.56 Å². The molecule has 1 atom stereocenters. The molecule has 4 N–H and O–H groups in total. The van der Waals surface area contributed by atoms with Crippen LogP contribution in [0.1, 0.15) is 11.6 Å². The van der Waals surface area contributed by atoms with Gasteiger partial charge < -0.3 is 11.5 Å². The molecule has 0 saturated carbocycles. The fraction of sp³-hybridized carbons (Fsp3) is 0.143. The van der Waals surface area contributed by atoms with Gasteiger partial charge in [0, 0.05) is 12.6 Å². The molecule has 0 amide bonds. The van der Waals surface area contributed by atoms with E-state index < -0.39 is 0 Å². The van der Waals surface area contributed by atoms with E-state index in [0.29, 0.717) is 6.54 Å². The molecule has 0 aliphatic heterocycles. The zero-order valence-corrected chi connectivity index (χ0v) is 9.29. The Kier molecular flexibility index (Phi) is 5.92. The lowest BCUT2D eigenvalue weighted by molar-refractivity contribution is 0.737. The van der Waals surface area contributed by atoms with Gasteiger partial charge in [0.25, 0.3) is 0 Å². The van der Waals surface area contributed by atoms with Crippen LogP contribution in [0.5, 0.6) is 0 Å². The van der Waals surface area contributed by atoms with E-state index in [0.717, 1.165) is 5.56 Å². The Morgan fingerprint density at radius 2 is 1.12 bits per heavy atom. The Morgan fingerprint density at radius 1 is 0.750 bits per heavy atom. The van der Waals surface area contributed by atoms with Gasteiger partial charge in [-0.15, -0.1) is 0 Å². The SMILES string of the molecule is NC[C@@H](N)c1ccccc1.c1ccccc1. The molecule has 0 aliphatic carbocycles. The molecule has 0 radical (unpaired) electrons. The maximum Gasteiger partial charge on any atom is 0.0419 e. The van der Waals surface area contributed by atoms with Gasteiger partial charge in [-0.1, -0.05) is 66.7 Å². The summed E-state index contributed by atoms with van der Waals surface area (Å²) in [5, 5.41) is 0. The number of nitrogens with two attached hydrogens (primary N) is 2. The molecule has 0 fully saturated rings. The normalized spacial score (nSPS) is 11.1. The van der Waals surface area contributed by atoms with E-state index in [1.807, 2.05) is 66.7 Å². The first-order chi connectivity index (χ1) is 7.84. The number of rotatable bonds is 2. The summed E-state index contributed by atoms with van der Waals surface area (Å²) in [5.74, 6) is 0. The van der Waals surface area contributed by atoms with Crippen LogP contribution in [0.25, 0.3) is 0 Å². The maximum absolute atomic E-state index is 5.67. The first-order valence-electron chi connectivity index (χ1n) is 5.35. The summed E-state index contributed by atoms with van der Waals surface area (Å²) in [6, 6.07) is 21.8. The standard InChI is InChI=1S/C8H12N2.C6H6/c9-6-8(10)7-4-2-1-3-5-7;1-2-4-6-5-3-1/h1-5,8H,6,9-10H2;1-6H/t8-;/m1./s1. The monoisotopic (exact) mass is 214 g/mol. The van der Waals surface area contributed by atoms with Crippen molar-refractivity contribution in [2.24, 2.45) is 11.5 Å². The zero-order valence-electron chi connectivity index (χ0n) is 9.29. The van der Waals surface area contributed by atoms with Crippen LogP contribution in [0.2, 0.25) is 0 Å². The summed E-state index contributed by atoms with van der Waals surface area (Å²) in [6.07, 6.45) is 0. The van der Waals surface area contributed by atoms with Crippen molar-refractivity contribution in [2.45, 2.75) is 6.04 Å². The Labute approximate surface area is 96.9 Å². The van der Waals surface area contributed by atoms with Gasteiger partial charge in [0.15, 0.2) is 0 Å². The van der Waals surface area contributed by atoms with Crippen molar-refractivity contribution >= 4 is 0 Å². The lowest BCUT2D eigenvalue weighted by atomic mass is 10.1. The highest BCUT2D eigenvalue weighted by Gasteiger charge is 1.99. The lowest BCUT2D eigenvalue weighted by Crippen LogP contribution is -2.20. The minimum Gasteiger partial charge on any atom is -0.329 e. The maximum atomic E-state index is 5.67. The third kappa shape index (κ3) is 4.73. The second-order valence-electron chi connectivity index (χ2n) is 3.41. The van der Waals surface area contributed by atoms with Crippen molar-refractivity contribution in [3.63, 3.8) is 0 Å². The van der Waals surface area contributed by atoms with Gasteiger partial charge in [-0.25, -0.2) is 0 Å². The number of hydrogen-bond donors (Lipinski definition) is 2. The summed E-state index contributed by atoms with van der Waals surface area (Å²) in [7, 11) is 0. The van der Waals surface area contributed by atoms with E-state index in [-0.39, 0.29) is 6.04 Å². The van der Waals surface area contributed by atoms with Crippen molar-refractivity contribution in [1.29, 1.82) is 0 Å². The van der Waals surface area contributed by atoms with Crippen molar-refractivity contribution in [1.82, 2.24) is 0 Å². The molecule has 0 heterocycles. The van der Waals surface area contributed by atoms with Crippen molar-refractivity contribution in [3.05, 3.63) is 72.3 Å². The van der Waals surface area contributed by atoms with Gasteiger partial charge in [0.2, 0.25) is 0 Å². The van der Waals surface area contributed by atoms with Crippen LogP contribution in [0, 0.1) is 0 Å². The van der Waals surface area contributed by atoms with Crippen LogP contribution < -0.4 is 11.5 Å². The summed E-state index contributed by atoms with van der Waals surface area (Å²) in [6.45, 7) is 0.504. The topological polar surface area (TPSA) is 52.0 Å². The Balaban J connectivity index is 0.000000181. The van der Waals surface area contributed by atoms with Crippen molar-refractivity contribution in [2.75, 3.05) is 6.54 Å². The molecule has 0 saturated heterocycles. The van der Waals surface area contributed by atoms with Crippen LogP contribution in [-0.2, 0) is 0 Å². The Bertz CT molecular complexity index is 332. The van der Waals surface area contributed by atoms with Crippen LogP contribution in [0.3, 0.4) is 0 Å². The third-order valence-electron chi connectivity index (χ3n) is 2.15. The third-order valence-corrected chi connectivity index (χ3v) is 2.15. The van der Waals surface area contributed by atoms with Gasteiger partial charge in [0.05, 0.1) is 0 Å². The van der Waals surface area contributed by atoms with E-state index in [2.05, 4.69) is 0 Å². The molecule has 2 aromatic carbocycles. The molecular formula is C14H18N2. The molecule has 2 aromatic rings. The molecule has 0 aromatic heterocycles. The molecule has 2 heteroatoms. The van der Waals surface area contributed by atoms with Crippen LogP contribution in [0.4, 0.5) is 0 Å². The van der Waals surface area contributed by atoms with Gasteiger partial charge in [-0.3, -0.25) is 0 Å². The second-order valence-corrected chi connectivity index (χ2v) is 3.41. The Hall–Kier alpha value is -1.64. The average Bonchev–Trinajstić information content (AvgIpc) is 2.41. The first kappa shape index (κ1) is 12.4. The van der Waals surface area contributed by atoms with Gasteiger partial charge >= 0.3 is 0 Å². The molecule has 0 spiro atoms. The quantitative estimate of drug-likeness (QED) is 0.806. The van der Waals surface area contributed by atoms with Gasteiger partial charge in [0.1, 0.15) is 0 Å². The molecule has 0 unspecified atom stereocenters. The summed E-state index contributed by atoms with van der Waals surface area (Å²) in [4.78, 5) is 0. The fourth-order valence-electron chi connectivity index (χ4n) is 1.22. The lowest BCUT2D eigenvalue weighted by Gasteiger charge is -2.06. The summed E-state index contributed by atoms with van der Waals surface area (Å²) >= 11 is 0.